The van der Waals surface area contributed by atoms with Gasteiger partial charge in [0.1, 0.15) is 11.5 Å². The third-order valence-corrected chi connectivity index (χ3v) is 2.96. The summed E-state index contributed by atoms with van der Waals surface area (Å²) >= 11 is 0. The fourth-order valence-electron chi connectivity index (χ4n) is 1.90. The van der Waals surface area contributed by atoms with Gasteiger partial charge in [0, 0.05) is 12.8 Å². The average Bonchev–Trinajstić information content (AvgIpc) is 2.34. The predicted molar refractivity (Wildman–Crippen MR) is 71.6 cm³/mol. The van der Waals surface area contributed by atoms with Crippen molar-refractivity contribution in [1.82, 2.24) is 0 Å². The second-order valence-electron chi connectivity index (χ2n) is 4.71. The Kier molecular flexibility index (Phi) is 6.44. The summed E-state index contributed by atoms with van der Waals surface area (Å²) in [6, 6.07) is 6.94. The first-order valence-corrected chi connectivity index (χ1v) is 6.59. The molecule has 1 unspecified atom stereocenters. The summed E-state index contributed by atoms with van der Waals surface area (Å²) in [7, 11) is 0. The van der Waals surface area contributed by atoms with E-state index in [0.29, 0.717) is 19.3 Å². The second kappa shape index (κ2) is 7.88. The Balaban J connectivity index is 2.28. The summed E-state index contributed by atoms with van der Waals surface area (Å²) in [6.45, 7) is 2.07. The first-order valence-electron chi connectivity index (χ1n) is 6.59. The Hall–Kier alpha value is -1.35. The van der Waals surface area contributed by atoms with Crippen molar-refractivity contribution in [2.45, 2.75) is 51.6 Å². The van der Waals surface area contributed by atoms with Crippen LogP contribution in [0.5, 0.6) is 5.75 Å². The first-order chi connectivity index (χ1) is 8.61. The number of Topliss-reactive ketones (excluding diaryl/α,β-unsaturated/α-hetero) is 1. The minimum Gasteiger partial charge on any atom is -0.508 e. The van der Waals surface area contributed by atoms with Crippen molar-refractivity contribution in [3.8, 4) is 5.75 Å². The molecule has 1 rings (SSSR count). The first kappa shape index (κ1) is 14.7. The lowest BCUT2D eigenvalue weighted by molar-refractivity contribution is -0.121. The number of aromatic hydroxyl groups is 1. The van der Waals surface area contributed by atoms with E-state index in [9.17, 15) is 15.0 Å². The summed E-state index contributed by atoms with van der Waals surface area (Å²) in [4.78, 5) is 11.7. The van der Waals surface area contributed by atoms with E-state index in [-0.39, 0.29) is 18.0 Å². The molecule has 0 heterocycles. The Morgan fingerprint density at radius 3 is 2.83 bits per heavy atom. The fraction of sp³-hybridized carbons (Fsp3) is 0.533. The highest BCUT2D eigenvalue weighted by molar-refractivity contribution is 5.79. The molecule has 3 heteroatoms. The molecule has 0 aliphatic carbocycles. The Labute approximate surface area is 108 Å². The maximum absolute atomic E-state index is 11.7. The molecule has 1 aromatic rings. The van der Waals surface area contributed by atoms with Crippen molar-refractivity contribution < 1.29 is 15.0 Å². The van der Waals surface area contributed by atoms with Gasteiger partial charge in [0.15, 0.2) is 0 Å². The van der Waals surface area contributed by atoms with Crippen LogP contribution < -0.4 is 0 Å². The molecule has 0 saturated heterocycles. The molecule has 0 aliphatic rings. The largest absolute Gasteiger partial charge is 0.508 e. The van der Waals surface area contributed by atoms with Gasteiger partial charge in [-0.05, 0) is 30.5 Å². The standard InChI is InChI=1S/C15H22O3/c1-2-3-6-14(17)11-15(18)9-8-12-5-4-7-13(16)10-12/h4-5,7,10,14,16-17H,2-3,6,8-9,11H2,1H3. The molecular weight excluding hydrogens is 228 g/mol. The fourth-order valence-corrected chi connectivity index (χ4v) is 1.90. The van der Waals surface area contributed by atoms with Crippen LogP contribution in [0.1, 0.15) is 44.6 Å². The van der Waals surface area contributed by atoms with Crippen LogP contribution >= 0.6 is 0 Å². The summed E-state index contributed by atoms with van der Waals surface area (Å²) in [5.74, 6) is 0.310. The van der Waals surface area contributed by atoms with Crippen LogP contribution in [-0.4, -0.2) is 22.1 Å². The number of carbonyl (C=O) groups excluding carboxylic acids is 1. The molecule has 1 atom stereocenters. The van der Waals surface area contributed by atoms with E-state index < -0.39 is 6.10 Å². The molecule has 0 bridgehead atoms. The summed E-state index contributed by atoms with van der Waals surface area (Å²) < 4.78 is 0. The van der Waals surface area contributed by atoms with Crippen LogP contribution in [0, 0.1) is 0 Å². The van der Waals surface area contributed by atoms with Gasteiger partial charge in [0.2, 0.25) is 0 Å². The lowest BCUT2D eigenvalue weighted by Crippen LogP contribution is -2.13. The molecule has 0 amide bonds. The van der Waals surface area contributed by atoms with E-state index in [4.69, 9.17) is 0 Å². The second-order valence-corrected chi connectivity index (χ2v) is 4.71. The Morgan fingerprint density at radius 2 is 2.17 bits per heavy atom. The number of benzene rings is 1. The molecule has 18 heavy (non-hydrogen) atoms. The van der Waals surface area contributed by atoms with E-state index in [1.165, 1.54) is 0 Å². The number of aliphatic hydroxyl groups excluding tert-OH is 1. The molecule has 0 fully saturated rings. The van der Waals surface area contributed by atoms with Gasteiger partial charge in [-0.2, -0.15) is 0 Å². The number of hydrogen-bond acceptors (Lipinski definition) is 3. The number of carbonyl (C=O) groups is 1. The monoisotopic (exact) mass is 250 g/mol. The molecule has 0 aromatic heterocycles. The number of aliphatic hydroxyl groups is 1. The van der Waals surface area contributed by atoms with Crippen molar-refractivity contribution >= 4 is 5.78 Å². The number of hydrogen-bond donors (Lipinski definition) is 2. The smallest absolute Gasteiger partial charge is 0.135 e. The van der Waals surface area contributed by atoms with E-state index in [1.54, 1.807) is 18.2 Å². The van der Waals surface area contributed by atoms with Crippen LogP contribution in [0.15, 0.2) is 24.3 Å². The van der Waals surface area contributed by atoms with E-state index in [1.807, 2.05) is 6.07 Å². The number of aryl methyl sites for hydroxylation is 1. The Morgan fingerprint density at radius 1 is 1.39 bits per heavy atom. The summed E-state index contributed by atoms with van der Waals surface area (Å²) in [5, 5.41) is 18.9. The molecule has 0 aliphatic heterocycles. The molecule has 0 radical (unpaired) electrons. The highest BCUT2D eigenvalue weighted by atomic mass is 16.3. The molecule has 100 valence electrons. The van der Waals surface area contributed by atoms with Crippen molar-refractivity contribution in [2.75, 3.05) is 0 Å². The number of unbranched alkanes of at least 4 members (excludes halogenated alkanes) is 1. The zero-order valence-electron chi connectivity index (χ0n) is 10.9. The average molecular weight is 250 g/mol. The van der Waals surface area contributed by atoms with Crippen LogP contribution in [0.2, 0.25) is 0 Å². The molecule has 0 saturated carbocycles. The van der Waals surface area contributed by atoms with Crippen LogP contribution in [0.25, 0.3) is 0 Å². The maximum atomic E-state index is 11.7. The van der Waals surface area contributed by atoms with Gasteiger partial charge < -0.3 is 10.2 Å². The maximum Gasteiger partial charge on any atom is 0.135 e. The number of phenols is 1. The molecule has 1 aromatic carbocycles. The van der Waals surface area contributed by atoms with E-state index in [2.05, 4.69) is 6.92 Å². The minimum atomic E-state index is -0.498. The van der Waals surface area contributed by atoms with E-state index in [0.717, 1.165) is 18.4 Å². The van der Waals surface area contributed by atoms with Crippen molar-refractivity contribution in [1.29, 1.82) is 0 Å². The van der Waals surface area contributed by atoms with Gasteiger partial charge in [-0.3, -0.25) is 4.79 Å². The van der Waals surface area contributed by atoms with Gasteiger partial charge >= 0.3 is 0 Å². The van der Waals surface area contributed by atoms with Gasteiger partial charge in [0.05, 0.1) is 6.10 Å². The van der Waals surface area contributed by atoms with Crippen molar-refractivity contribution in [2.24, 2.45) is 0 Å². The third-order valence-electron chi connectivity index (χ3n) is 2.96. The number of ketones is 1. The van der Waals surface area contributed by atoms with Gasteiger partial charge in [-0.15, -0.1) is 0 Å². The quantitative estimate of drug-likeness (QED) is 0.746. The van der Waals surface area contributed by atoms with E-state index >= 15 is 0 Å². The predicted octanol–water partition coefficient (Wildman–Crippen LogP) is 2.84. The highest BCUT2D eigenvalue weighted by Gasteiger charge is 2.10. The summed E-state index contributed by atoms with van der Waals surface area (Å²) in [6.07, 6.45) is 3.49. The normalized spacial score (nSPS) is 12.3. The van der Waals surface area contributed by atoms with Crippen molar-refractivity contribution in [3.05, 3.63) is 29.8 Å². The lowest BCUT2D eigenvalue weighted by atomic mass is 10.0. The van der Waals surface area contributed by atoms with Crippen LogP contribution in [0.4, 0.5) is 0 Å². The number of phenolic OH excluding ortho intramolecular Hbond substituents is 1. The Bertz CT molecular complexity index is 374. The van der Waals surface area contributed by atoms with Gasteiger partial charge in [0.25, 0.3) is 0 Å². The van der Waals surface area contributed by atoms with Crippen LogP contribution in [0.3, 0.4) is 0 Å². The zero-order valence-corrected chi connectivity index (χ0v) is 10.9. The van der Waals surface area contributed by atoms with Gasteiger partial charge in [-0.25, -0.2) is 0 Å². The zero-order chi connectivity index (χ0) is 13.4. The SMILES string of the molecule is CCCCC(O)CC(=O)CCc1cccc(O)c1. The molecule has 3 nitrogen and oxygen atoms in total. The molecule has 2 N–H and O–H groups in total. The molecular formula is C15H22O3. The minimum absolute atomic E-state index is 0.0851. The van der Waals surface area contributed by atoms with Gasteiger partial charge in [-0.1, -0.05) is 31.9 Å². The molecule has 0 spiro atoms. The van der Waals surface area contributed by atoms with Crippen molar-refractivity contribution in [3.63, 3.8) is 0 Å². The number of rotatable bonds is 8. The third kappa shape index (κ3) is 5.82. The lowest BCUT2D eigenvalue weighted by Gasteiger charge is -2.08. The summed E-state index contributed by atoms with van der Waals surface area (Å²) in [5.41, 5.74) is 0.950. The highest BCUT2D eigenvalue weighted by Crippen LogP contribution is 2.13. The topological polar surface area (TPSA) is 57.5 Å². The van der Waals surface area contributed by atoms with Crippen LogP contribution in [-0.2, 0) is 11.2 Å².